The number of aliphatic hydroxyl groups excluding tert-OH is 1. The second-order valence-corrected chi connectivity index (χ2v) is 7.45. The van der Waals surface area contributed by atoms with Crippen LogP contribution < -0.4 is 0 Å². The molecule has 0 radical (unpaired) electrons. The molecular formula is C12H17IO5. The molecule has 0 amide bonds. The maximum absolute atomic E-state index is 12.0. The zero-order valence-corrected chi connectivity index (χ0v) is 12.5. The number of aliphatic hydroxyl groups is 1. The molecule has 5 atom stereocenters. The average molecular weight is 368 g/mol. The van der Waals surface area contributed by atoms with Gasteiger partial charge in [0.1, 0.15) is 15.6 Å². The van der Waals surface area contributed by atoms with Crippen LogP contribution in [-0.2, 0) is 19.1 Å². The number of alkyl halides is 1. The molecule has 0 aromatic heterocycles. The monoisotopic (exact) mass is 368 g/mol. The zero-order chi connectivity index (χ0) is 13.5. The fourth-order valence-corrected chi connectivity index (χ4v) is 2.41. The van der Waals surface area contributed by atoms with Crippen molar-refractivity contribution in [3.63, 3.8) is 0 Å². The maximum atomic E-state index is 12.0. The third-order valence-corrected chi connectivity index (χ3v) is 4.98. The summed E-state index contributed by atoms with van der Waals surface area (Å²) >= 11 is 2.06. The van der Waals surface area contributed by atoms with Crippen LogP contribution in [0.3, 0.4) is 0 Å². The molecule has 0 spiro atoms. The van der Waals surface area contributed by atoms with Gasteiger partial charge >= 0.3 is 11.9 Å². The molecule has 2 fully saturated rings. The highest BCUT2D eigenvalue weighted by molar-refractivity contribution is 14.1. The topological polar surface area (TPSA) is 72.8 Å². The Morgan fingerprint density at radius 2 is 2.28 bits per heavy atom. The fraction of sp³-hybridized carbons (Fsp3) is 0.833. The summed E-state index contributed by atoms with van der Waals surface area (Å²) < 4.78 is 9.92. The molecule has 2 bridgehead atoms. The molecule has 1 heterocycles. The Hall–Kier alpha value is -0.370. The van der Waals surface area contributed by atoms with Crippen LogP contribution in [0.4, 0.5) is 0 Å². The predicted octanol–water partition coefficient (Wildman–Crippen LogP) is 1.20. The Labute approximate surface area is 119 Å². The van der Waals surface area contributed by atoms with Gasteiger partial charge in [-0.15, -0.1) is 0 Å². The van der Waals surface area contributed by atoms with Gasteiger partial charge in [-0.1, -0.05) is 29.5 Å². The molecule has 2 rings (SSSR count). The number of fused-ring (bicyclic) bond motifs is 2. The normalized spacial score (nSPS) is 37.9. The average Bonchev–Trinajstić information content (AvgIpc) is 2.50. The summed E-state index contributed by atoms with van der Waals surface area (Å²) in [5, 5.41) is 9.88. The Morgan fingerprint density at radius 3 is 2.89 bits per heavy atom. The highest BCUT2D eigenvalue weighted by atomic mass is 127. The van der Waals surface area contributed by atoms with E-state index < -0.39 is 27.7 Å². The highest BCUT2D eigenvalue weighted by Crippen LogP contribution is 2.37. The summed E-state index contributed by atoms with van der Waals surface area (Å²) in [5.74, 6) is -1.13. The first-order chi connectivity index (χ1) is 8.36. The van der Waals surface area contributed by atoms with Crippen molar-refractivity contribution in [1.82, 2.24) is 0 Å². The van der Waals surface area contributed by atoms with Crippen molar-refractivity contribution < 1.29 is 24.2 Å². The summed E-state index contributed by atoms with van der Waals surface area (Å²) in [4.78, 5) is 23.4. The van der Waals surface area contributed by atoms with Crippen molar-refractivity contribution in [2.45, 2.75) is 54.8 Å². The number of halogens is 1. The molecular weight excluding hydrogens is 351 g/mol. The summed E-state index contributed by atoms with van der Waals surface area (Å²) in [6.07, 6.45) is -0.306. The molecule has 1 aliphatic heterocycles. The lowest BCUT2D eigenvalue weighted by Gasteiger charge is -2.31. The molecule has 1 saturated carbocycles. The second-order valence-electron chi connectivity index (χ2n) is 5.07. The van der Waals surface area contributed by atoms with Crippen LogP contribution in [0.5, 0.6) is 0 Å². The number of carbonyl (C=O) groups excluding carboxylic acids is 2. The van der Waals surface area contributed by atoms with E-state index in [4.69, 9.17) is 9.47 Å². The lowest BCUT2D eigenvalue weighted by Crippen LogP contribution is -2.45. The van der Waals surface area contributed by atoms with Crippen molar-refractivity contribution >= 4 is 34.5 Å². The summed E-state index contributed by atoms with van der Waals surface area (Å²) in [5.41, 5.74) is 0. The van der Waals surface area contributed by atoms with E-state index in [1.54, 1.807) is 6.92 Å². The summed E-state index contributed by atoms with van der Waals surface area (Å²) in [6.45, 7) is 3.72. The first-order valence-electron chi connectivity index (χ1n) is 6.15. The van der Waals surface area contributed by atoms with E-state index in [1.807, 2.05) is 6.92 Å². The smallest absolute Gasteiger partial charge is 0.322 e. The van der Waals surface area contributed by atoms with Crippen molar-refractivity contribution in [2.24, 2.45) is 5.92 Å². The number of esters is 2. The Kier molecular flexibility index (Phi) is 3.87. The van der Waals surface area contributed by atoms with Crippen LogP contribution in [0.25, 0.3) is 0 Å². The van der Waals surface area contributed by atoms with Crippen LogP contribution in [0.15, 0.2) is 0 Å². The van der Waals surface area contributed by atoms with E-state index in [0.717, 1.165) is 0 Å². The van der Waals surface area contributed by atoms with E-state index in [-0.39, 0.29) is 11.9 Å². The third-order valence-electron chi connectivity index (χ3n) is 3.78. The zero-order valence-electron chi connectivity index (χ0n) is 10.4. The van der Waals surface area contributed by atoms with E-state index >= 15 is 0 Å². The summed E-state index contributed by atoms with van der Waals surface area (Å²) in [6, 6.07) is 0. The van der Waals surface area contributed by atoms with Crippen molar-refractivity contribution in [3.8, 4) is 0 Å². The standard InChI is InChI=1S/C12H17IO5/c1-3-12(2,13)11(16)17-7-5-4-6-8(14)9(7)18-10(6)15/h6-9,14H,3-5H2,1-2H3. The molecule has 0 aromatic rings. The molecule has 1 N–H and O–H groups in total. The van der Waals surface area contributed by atoms with Gasteiger partial charge in [0.25, 0.3) is 0 Å². The van der Waals surface area contributed by atoms with Gasteiger partial charge in [0.15, 0.2) is 6.10 Å². The molecule has 0 aromatic carbocycles. The first-order valence-corrected chi connectivity index (χ1v) is 7.23. The van der Waals surface area contributed by atoms with Crippen molar-refractivity contribution in [3.05, 3.63) is 0 Å². The van der Waals surface area contributed by atoms with Crippen LogP contribution in [0, 0.1) is 5.92 Å². The Bertz CT molecular complexity index is 367. The van der Waals surface area contributed by atoms with Gasteiger partial charge in [-0.3, -0.25) is 9.59 Å². The number of hydrogen-bond acceptors (Lipinski definition) is 5. The Morgan fingerprint density at radius 1 is 1.61 bits per heavy atom. The van der Waals surface area contributed by atoms with Gasteiger partial charge < -0.3 is 14.6 Å². The molecule has 102 valence electrons. The summed E-state index contributed by atoms with van der Waals surface area (Å²) in [7, 11) is 0. The molecule has 18 heavy (non-hydrogen) atoms. The minimum absolute atomic E-state index is 0.316. The van der Waals surface area contributed by atoms with E-state index in [9.17, 15) is 14.7 Å². The van der Waals surface area contributed by atoms with Crippen LogP contribution in [0.2, 0.25) is 0 Å². The van der Waals surface area contributed by atoms with E-state index in [0.29, 0.717) is 19.3 Å². The number of rotatable bonds is 3. The van der Waals surface area contributed by atoms with Gasteiger partial charge in [0.2, 0.25) is 0 Å². The number of carbonyl (C=O) groups is 2. The van der Waals surface area contributed by atoms with Crippen molar-refractivity contribution in [2.75, 3.05) is 0 Å². The molecule has 5 nitrogen and oxygen atoms in total. The fourth-order valence-electron chi connectivity index (χ4n) is 2.28. The number of ether oxygens (including phenoxy) is 2. The van der Waals surface area contributed by atoms with E-state index in [1.165, 1.54) is 0 Å². The highest BCUT2D eigenvalue weighted by Gasteiger charge is 2.52. The van der Waals surface area contributed by atoms with Crippen LogP contribution >= 0.6 is 22.6 Å². The minimum atomic E-state index is -0.842. The van der Waals surface area contributed by atoms with Gasteiger partial charge in [0.05, 0.1) is 5.92 Å². The maximum Gasteiger partial charge on any atom is 0.322 e. The number of hydrogen-bond donors (Lipinski definition) is 1. The second kappa shape index (κ2) is 4.96. The van der Waals surface area contributed by atoms with E-state index in [2.05, 4.69) is 22.6 Å². The SMILES string of the molecule is CCC(C)(I)C(=O)OC1CCC2C(=O)OC1C2O. The lowest BCUT2D eigenvalue weighted by molar-refractivity contribution is -0.166. The molecule has 5 unspecified atom stereocenters. The van der Waals surface area contributed by atoms with Gasteiger partial charge in [0, 0.05) is 0 Å². The molecule has 6 heteroatoms. The van der Waals surface area contributed by atoms with Crippen LogP contribution in [0.1, 0.15) is 33.1 Å². The van der Waals surface area contributed by atoms with Crippen LogP contribution in [-0.4, -0.2) is 38.8 Å². The lowest BCUT2D eigenvalue weighted by atomic mass is 9.85. The quantitative estimate of drug-likeness (QED) is 0.461. The third kappa shape index (κ3) is 2.36. The van der Waals surface area contributed by atoms with Crippen molar-refractivity contribution in [1.29, 1.82) is 0 Å². The van der Waals surface area contributed by atoms with Gasteiger partial charge in [-0.05, 0) is 26.2 Å². The molecule has 1 saturated heterocycles. The first kappa shape index (κ1) is 14.0. The van der Waals surface area contributed by atoms with Gasteiger partial charge in [-0.2, -0.15) is 0 Å². The molecule has 1 aliphatic carbocycles. The van der Waals surface area contributed by atoms with Gasteiger partial charge in [-0.25, -0.2) is 0 Å². The molecule has 2 aliphatic rings. The Balaban J connectivity index is 2.03. The minimum Gasteiger partial charge on any atom is -0.457 e. The largest absolute Gasteiger partial charge is 0.457 e. The predicted molar refractivity (Wildman–Crippen MR) is 71.2 cm³/mol.